The van der Waals surface area contributed by atoms with Crippen molar-refractivity contribution in [1.29, 1.82) is 0 Å². The van der Waals surface area contributed by atoms with E-state index in [1.807, 2.05) is 4.90 Å². The third kappa shape index (κ3) is 3.60. The zero-order valence-corrected chi connectivity index (χ0v) is 15.5. The van der Waals surface area contributed by atoms with Gasteiger partial charge in [0.25, 0.3) is 5.91 Å². The van der Waals surface area contributed by atoms with Gasteiger partial charge in [0.1, 0.15) is 5.69 Å². The van der Waals surface area contributed by atoms with Gasteiger partial charge in [0, 0.05) is 32.2 Å². The van der Waals surface area contributed by atoms with Crippen molar-refractivity contribution in [3.8, 4) is 0 Å². The van der Waals surface area contributed by atoms with Crippen molar-refractivity contribution < 1.29 is 14.7 Å². The Morgan fingerprint density at radius 3 is 2.85 bits per heavy atom. The molecule has 2 aromatic rings. The predicted octanol–water partition coefficient (Wildman–Crippen LogP) is 1.87. The first-order chi connectivity index (χ1) is 13.0. The minimum absolute atomic E-state index is 0.0644. The molecule has 0 saturated carbocycles. The van der Waals surface area contributed by atoms with E-state index in [0.29, 0.717) is 24.7 Å². The minimum atomic E-state index is -1.10. The Kier molecular flexibility index (Phi) is 4.70. The van der Waals surface area contributed by atoms with Crippen LogP contribution in [0.2, 0.25) is 0 Å². The number of carboxylic acids is 1. The second-order valence-corrected chi connectivity index (χ2v) is 7.51. The topological polar surface area (TPSA) is 78.7 Å². The van der Waals surface area contributed by atoms with Crippen molar-refractivity contribution in [1.82, 2.24) is 19.6 Å². The maximum absolute atomic E-state index is 12.7. The number of benzene rings is 1. The van der Waals surface area contributed by atoms with Crippen molar-refractivity contribution in [2.24, 2.45) is 5.92 Å². The Labute approximate surface area is 158 Å². The van der Waals surface area contributed by atoms with Gasteiger partial charge < -0.3 is 10.0 Å². The lowest BCUT2D eigenvalue weighted by Crippen LogP contribution is -2.43. The number of aromatic carboxylic acids is 1. The van der Waals surface area contributed by atoms with Crippen LogP contribution in [0.15, 0.2) is 30.3 Å². The summed E-state index contributed by atoms with van der Waals surface area (Å²) in [6.45, 7) is 6.97. The molecule has 3 heterocycles. The summed E-state index contributed by atoms with van der Waals surface area (Å²) < 4.78 is 1.52. The van der Waals surface area contributed by atoms with Crippen LogP contribution in [-0.2, 0) is 13.1 Å². The van der Waals surface area contributed by atoms with Crippen molar-refractivity contribution in [2.75, 3.05) is 26.2 Å². The molecule has 2 aliphatic heterocycles. The summed E-state index contributed by atoms with van der Waals surface area (Å²) in [5.74, 6) is -0.760. The number of carboxylic acid groups (broad SMARTS) is 1. The SMILES string of the molecule is Cc1ccccc1CN1CCC(CN2CCn3nc(C(=O)O)cc3C2=O)C1. The van der Waals surface area contributed by atoms with Crippen LogP contribution in [0, 0.1) is 12.8 Å². The fourth-order valence-corrected chi connectivity index (χ4v) is 4.06. The molecular weight excluding hydrogens is 344 g/mol. The summed E-state index contributed by atoms with van der Waals surface area (Å²) in [5, 5.41) is 13.1. The molecule has 1 aromatic carbocycles. The van der Waals surface area contributed by atoms with Crippen LogP contribution in [0.25, 0.3) is 0 Å². The van der Waals surface area contributed by atoms with Crippen LogP contribution in [0.5, 0.6) is 0 Å². The molecule has 1 aromatic heterocycles. The second-order valence-electron chi connectivity index (χ2n) is 7.51. The lowest BCUT2D eigenvalue weighted by Gasteiger charge is -2.29. The third-order valence-corrected chi connectivity index (χ3v) is 5.59. The van der Waals surface area contributed by atoms with E-state index < -0.39 is 5.97 Å². The third-order valence-electron chi connectivity index (χ3n) is 5.59. The maximum Gasteiger partial charge on any atom is 0.356 e. The molecular formula is C20H24N4O3. The van der Waals surface area contributed by atoms with E-state index in [1.165, 1.54) is 21.9 Å². The number of carbonyl (C=O) groups is 2. The van der Waals surface area contributed by atoms with Crippen LogP contribution in [0.3, 0.4) is 0 Å². The molecule has 1 amide bonds. The first kappa shape index (κ1) is 17.7. The summed E-state index contributed by atoms with van der Waals surface area (Å²) in [5.41, 5.74) is 2.99. The number of likely N-dealkylation sites (tertiary alicyclic amines) is 1. The van der Waals surface area contributed by atoms with Gasteiger partial charge >= 0.3 is 5.97 Å². The van der Waals surface area contributed by atoms with Gasteiger partial charge in [-0.15, -0.1) is 0 Å². The van der Waals surface area contributed by atoms with Crippen LogP contribution >= 0.6 is 0 Å². The summed E-state index contributed by atoms with van der Waals surface area (Å²) in [6.07, 6.45) is 1.08. The van der Waals surface area contributed by atoms with E-state index >= 15 is 0 Å². The molecule has 0 spiro atoms. The number of nitrogens with zero attached hydrogens (tertiary/aromatic N) is 4. The molecule has 142 valence electrons. The molecule has 1 N–H and O–H groups in total. The standard InChI is InChI=1S/C20H24N4O3/c1-14-4-2-3-5-16(14)13-22-7-6-15(11-22)12-23-8-9-24-18(19(23)25)10-17(21-24)20(26)27/h2-5,10,15H,6-9,11-13H2,1H3,(H,26,27). The predicted molar refractivity (Wildman–Crippen MR) is 99.7 cm³/mol. The molecule has 7 heteroatoms. The fraction of sp³-hybridized carbons (Fsp3) is 0.450. The number of aryl methyl sites for hydroxylation is 1. The molecule has 1 fully saturated rings. The molecule has 2 aliphatic rings. The van der Waals surface area contributed by atoms with E-state index in [2.05, 4.69) is 41.2 Å². The molecule has 27 heavy (non-hydrogen) atoms. The van der Waals surface area contributed by atoms with Crippen LogP contribution in [-0.4, -0.2) is 62.7 Å². The summed E-state index contributed by atoms with van der Waals surface area (Å²) >= 11 is 0. The number of rotatable bonds is 5. The number of hydrogen-bond donors (Lipinski definition) is 1. The second kappa shape index (κ2) is 7.15. The lowest BCUT2D eigenvalue weighted by atomic mass is 10.1. The highest BCUT2D eigenvalue weighted by Crippen LogP contribution is 2.23. The molecule has 1 unspecified atom stereocenters. The largest absolute Gasteiger partial charge is 0.476 e. The molecule has 1 saturated heterocycles. The van der Waals surface area contributed by atoms with E-state index in [4.69, 9.17) is 5.11 Å². The maximum atomic E-state index is 12.7. The van der Waals surface area contributed by atoms with Gasteiger partial charge in [0.15, 0.2) is 5.69 Å². The lowest BCUT2D eigenvalue weighted by molar-refractivity contribution is 0.0660. The fourth-order valence-electron chi connectivity index (χ4n) is 4.06. The number of fused-ring (bicyclic) bond motifs is 1. The van der Waals surface area contributed by atoms with Crippen molar-refractivity contribution in [2.45, 2.75) is 26.4 Å². The van der Waals surface area contributed by atoms with Crippen molar-refractivity contribution in [3.05, 3.63) is 52.8 Å². The van der Waals surface area contributed by atoms with E-state index in [0.717, 1.165) is 32.6 Å². The first-order valence-corrected chi connectivity index (χ1v) is 9.38. The molecule has 0 radical (unpaired) electrons. The van der Waals surface area contributed by atoms with Gasteiger partial charge in [0.2, 0.25) is 0 Å². The Bertz CT molecular complexity index is 876. The van der Waals surface area contributed by atoms with Crippen molar-refractivity contribution in [3.63, 3.8) is 0 Å². The highest BCUT2D eigenvalue weighted by atomic mass is 16.4. The van der Waals surface area contributed by atoms with Crippen LogP contribution in [0.4, 0.5) is 0 Å². The molecule has 0 aliphatic carbocycles. The summed E-state index contributed by atoms with van der Waals surface area (Å²) in [7, 11) is 0. The smallest absolute Gasteiger partial charge is 0.356 e. The van der Waals surface area contributed by atoms with E-state index in [9.17, 15) is 9.59 Å². The number of carbonyl (C=O) groups excluding carboxylic acids is 1. The normalized spacial score (nSPS) is 20.1. The summed E-state index contributed by atoms with van der Waals surface area (Å²) in [6, 6.07) is 9.85. The highest BCUT2D eigenvalue weighted by molar-refractivity contribution is 5.96. The Morgan fingerprint density at radius 1 is 1.26 bits per heavy atom. The monoisotopic (exact) mass is 368 g/mol. The number of hydrogen-bond acceptors (Lipinski definition) is 4. The van der Waals surface area contributed by atoms with Gasteiger partial charge in [-0.05, 0) is 36.9 Å². The van der Waals surface area contributed by atoms with Crippen molar-refractivity contribution >= 4 is 11.9 Å². The minimum Gasteiger partial charge on any atom is -0.476 e. The molecule has 1 atom stereocenters. The zero-order chi connectivity index (χ0) is 19.0. The molecule has 4 rings (SSSR count). The van der Waals surface area contributed by atoms with E-state index in [-0.39, 0.29) is 11.6 Å². The quantitative estimate of drug-likeness (QED) is 0.872. The van der Waals surface area contributed by atoms with Gasteiger partial charge in [-0.3, -0.25) is 14.4 Å². The average Bonchev–Trinajstić information content (AvgIpc) is 3.27. The molecule has 7 nitrogen and oxygen atoms in total. The Hall–Kier alpha value is -2.67. The molecule has 0 bridgehead atoms. The number of aromatic nitrogens is 2. The van der Waals surface area contributed by atoms with Gasteiger partial charge in [-0.1, -0.05) is 24.3 Å². The number of amides is 1. The Balaban J connectivity index is 1.37. The highest BCUT2D eigenvalue weighted by Gasteiger charge is 2.31. The summed E-state index contributed by atoms with van der Waals surface area (Å²) in [4.78, 5) is 28.1. The zero-order valence-electron chi connectivity index (χ0n) is 15.5. The van der Waals surface area contributed by atoms with Crippen LogP contribution in [0.1, 0.15) is 38.5 Å². The first-order valence-electron chi connectivity index (χ1n) is 9.38. The van der Waals surface area contributed by atoms with Gasteiger partial charge in [-0.2, -0.15) is 5.10 Å². The van der Waals surface area contributed by atoms with Gasteiger partial charge in [-0.25, -0.2) is 4.79 Å². The van der Waals surface area contributed by atoms with Gasteiger partial charge in [0.05, 0.1) is 6.54 Å². The van der Waals surface area contributed by atoms with Crippen LogP contribution < -0.4 is 0 Å². The average molecular weight is 368 g/mol. The Morgan fingerprint density at radius 2 is 2.07 bits per heavy atom. The van der Waals surface area contributed by atoms with E-state index in [1.54, 1.807) is 0 Å².